The second kappa shape index (κ2) is 7.43. The van der Waals surface area contributed by atoms with Crippen LogP contribution in [0.5, 0.6) is 0 Å². The summed E-state index contributed by atoms with van der Waals surface area (Å²) in [5.74, 6) is -0.697. The summed E-state index contributed by atoms with van der Waals surface area (Å²) in [6, 6.07) is 0. The SMILES string of the molecule is CC1=CCC(C(=O)OCOC(=O)C2CC=C(C)CC2)CC1. The van der Waals surface area contributed by atoms with E-state index in [1.54, 1.807) is 0 Å². The molecule has 0 amide bonds. The van der Waals surface area contributed by atoms with Crippen LogP contribution in [0.1, 0.15) is 52.4 Å². The highest BCUT2D eigenvalue weighted by Gasteiger charge is 2.24. The number of allylic oxidation sites excluding steroid dienone is 4. The first-order valence-corrected chi connectivity index (χ1v) is 7.71. The Morgan fingerprint density at radius 2 is 1.38 bits per heavy atom. The molecule has 0 aliphatic heterocycles. The largest absolute Gasteiger partial charge is 0.428 e. The molecule has 0 saturated carbocycles. The smallest absolute Gasteiger partial charge is 0.312 e. The standard InChI is InChI=1S/C17H24O4/c1-12-3-7-14(8-4-12)16(18)20-11-21-17(19)15-9-5-13(2)6-10-15/h3,5,14-15H,4,6-11H2,1-2H3. The fraction of sp³-hybridized carbons (Fsp3) is 0.647. The molecule has 0 aromatic heterocycles. The quantitative estimate of drug-likeness (QED) is 0.452. The number of carbonyl (C=O) groups is 2. The van der Waals surface area contributed by atoms with E-state index in [0.717, 1.165) is 38.5 Å². The molecule has 21 heavy (non-hydrogen) atoms. The fourth-order valence-corrected chi connectivity index (χ4v) is 2.74. The van der Waals surface area contributed by atoms with Gasteiger partial charge in [-0.05, 0) is 52.4 Å². The molecule has 0 aromatic rings. The fourth-order valence-electron chi connectivity index (χ4n) is 2.74. The number of hydrogen-bond acceptors (Lipinski definition) is 4. The average Bonchev–Trinajstić information content (AvgIpc) is 2.48. The molecule has 2 rings (SSSR count). The highest BCUT2D eigenvalue weighted by atomic mass is 16.7. The van der Waals surface area contributed by atoms with E-state index in [4.69, 9.17) is 9.47 Å². The van der Waals surface area contributed by atoms with E-state index in [1.807, 2.05) is 0 Å². The number of carbonyl (C=O) groups excluding carboxylic acids is 2. The van der Waals surface area contributed by atoms with Gasteiger partial charge in [-0.3, -0.25) is 9.59 Å². The van der Waals surface area contributed by atoms with Crippen molar-refractivity contribution in [1.29, 1.82) is 0 Å². The molecule has 0 radical (unpaired) electrons. The molecule has 4 heteroatoms. The predicted octanol–water partition coefficient (Wildman–Crippen LogP) is 3.52. The van der Waals surface area contributed by atoms with Gasteiger partial charge >= 0.3 is 11.9 Å². The third-order valence-corrected chi connectivity index (χ3v) is 4.34. The molecule has 0 aromatic carbocycles. The summed E-state index contributed by atoms with van der Waals surface area (Å²) < 4.78 is 10.1. The maximum atomic E-state index is 11.9. The molecule has 0 fully saturated rings. The summed E-state index contributed by atoms with van der Waals surface area (Å²) in [7, 11) is 0. The normalized spacial score (nSPS) is 25.6. The summed E-state index contributed by atoms with van der Waals surface area (Å²) in [4.78, 5) is 23.7. The second-order valence-corrected chi connectivity index (χ2v) is 6.09. The molecule has 0 spiro atoms. The van der Waals surface area contributed by atoms with Crippen molar-refractivity contribution in [3.63, 3.8) is 0 Å². The molecule has 2 atom stereocenters. The Labute approximate surface area is 126 Å². The van der Waals surface area contributed by atoms with Crippen LogP contribution in [0.25, 0.3) is 0 Å². The van der Waals surface area contributed by atoms with Crippen molar-refractivity contribution in [1.82, 2.24) is 0 Å². The monoisotopic (exact) mass is 292 g/mol. The van der Waals surface area contributed by atoms with Gasteiger partial charge in [-0.1, -0.05) is 23.3 Å². The second-order valence-electron chi connectivity index (χ2n) is 6.09. The first-order chi connectivity index (χ1) is 10.1. The lowest BCUT2D eigenvalue weighted by molar-refractivity contribution is -0.173. The van der Waals surface area contributed by atoms with Crippen LogP contribution in [0.3, 0.4) is 0 Å². The van der Waals surface area contributed by atoms with E-state index in [2.05, 4.69) is 26.0 Å². The molecule has 4 nitrogen and oxygen atoms in total. The zero-order valence-corrected chi connectivity index (χ0v) is 12.9. The third kappa shape index (κ3) is 4.73. The molecular weight excluding hydrogens is 268 g/mol. The highest BCUT2D eigenvalue weighted by molar-refractivity contribution is 5.74. The summed E-state index contributed by atoms with van der Waals surface area (Å²) >= 11 is 0. The van der Waals surface area contributed by atoms with E-state index in [-0.39, 0.29) is 30.6 Å². The first kappa shape index (κ1) is 15.8. The molecule has 0 saturated heterocycles. The predicted molar refractivity (Wildman–Crippen MR) is 79.2 cm³/mol. The van der Waals surface area contributed by atoms with Crippen molar-refractivity contribution in [3.8, 4) is 0 Å². The molecule has 2 aliphatic rings. The van der Waals surface area contributed by atoms with Gasteiger partial charge in [0, 0.05) is 0 Å². The topological polar surface area (TPSA) is 52.6 Å². The van der Waals surface area contributed by atoms with E-state index in [0.29, 0.717) is 0 Å². The Morgan fingerprint density at radius 1 is 0.952 bits per heavy atom. The van der Waals surface area contributed by atoms with Crippen molar-refractivity contribution in [2.45, 2.75) is 52.4 Å². The van der Waals surface area contributed by atoms with Crippen molar-refractivity contribution < 1.29 is 19.1 Å². The van der Waals surface area contributed by atoms with Gasteiger partial charge in [0.2, 0.25) is 6.79 Å². The lowest BCUT2D eigenvalue weighted by atomic mass is 9.90. The van der Waals surface area contributed by atoms with Gasteiger partial charge < -0.3 is 9.47 Å². The first-order valence-electron chi connectivity index (χ1n) is 7.71. The van der Waals surface area contributed by atoms with Gasteiger partial charge in [0.05, 0.1) is 11.8 Å². The molecule has 2 unspecified atom stereocenters. The van der Waals surface area contributed by atoms with Crippen molar-refractivity contribution in [3.05, 3.63) is 23.3 Å². The summed E-state index contributed by atoms with van der Waals surface area (Å²) in [5.41, 5.74) is 2.65. The van der Waals surface area contributed by atoms with Gasteiger partial charge in [0.15, 0.2) is 0 Å². The Bertz CT molecular complexity index is 419. The van der Waals surface area contributed by atoms with Crippen molar-refractivity contribution in [2.75, 3.05) is 6.79 Å². The number of ether oxygens (including phenoxy) is 2. The Hall–Kier alpha value is -1.58. The van der Waals surface area contributed by atoms with Crippen LogP contribution in [0.15, 0.2) is 23.3 Å². The zero-order chi connectivity index (χ0) is 15.2. The maximum Gasteiger partial charge on any atom is 0.312 e. The van der Waals surface area contributed by atoms with Crippen LogP contribution in [0, 0.1) is 11.8 Å². The molecule has 2 aliphatic carbocycles. The zero-order valence-electron chi connectivity index (χ0n) is 12.9. The summed E-state index contributed by atoms with van der Waals surface area (Å²) in [5, 5.41) is 0. The van der Waals surface area contributed by atoms with E-state index >= 15 is 0 Å². The third-order valence-electron chi connectivity index (χ3n) is 4.34. The van der Waals surface area contributed by atoms with Crippen LogP contribution in [0.2, 0.25) is 0 Å². The highest BCUT2D eigenvalue weighted by Crippen LogP contribution is 2.25. The Morgan fingerprint density at radius 3 is 1.71 bits per heavy atom. The van der Waals surface area contributed by atoms with Gasteiger partial charge in [-0.2, -0.15) is 0 Å². The van der Waals surface area contributed by atoms with Gasteiger partial charge in [-0.25, -0.2) is 0 Å². The van der Waals surface area contributed by atoms with Gasteiger partial charge in [0.1, 0.15) is 0 Å². The lowest BCUT2D eigenvalue weighted by Gasteiger charge is -2.20. The van der Waals surface area contributed by atoms with Crippen LogP contribution in [0.4, 0.5) is 0 Å². The molecule has 0 bridgehead atoms. The maximum absolute atomic E-state index is 11.9. The van der Waals surface area contributed by atoms with Crippen LogP contribution in [-0.4, -0.2) is 18.7 Å². The Kier molecular flexibility index (Phi) is 5.59. The van der Waals surface area contributed by atoms with E-state index < -0.39 is 0 Å². The van der Waals surface area contributed by atoms with Crippen molar-refractivity contribution in [2.24, 2.45) is 11.8 Å². The summed E-state index contributed by atoms with van der Waals surface area (Å²) in [6.45, 7) is 3.89. The Balaban J connectivity index is 1.67. The van der Waals surface area contributed by atoms with Gasteiger partial charge in [0.25, 0.3) is 0 Å². The minimum Gasteiger partial charge on any atom is -0.428 e. The minimum atomic E-state index is -0.258. The van der Waals surface area contributed by atoms with E-state index in [9.17, 15) is 9.59 Å². The number of esters is 2. The lowest BCUT2D eigenvalue weighted by Crippen LogP contribution is -2.24. The van der Waals surface area contributed by atoms with E-state index in [1.165, 1.54) is 11.1 Å². The molecular formula is C17H24O4. The van der Waals surface area contributed by atoms with Gasteiger partial charge in [-0.15, -0.1) is 0 Å². The number of hydrogen-bond donors (Lipinski definition) is 0. The average molecular weight is 292 g/mol. The van der Waals surface area contributed by atoms with Crippen LogP contribution >= 0.6 is 0 Å². The molecule has 0 N–H and O–H groups in total. The molecule has 116 valence electrons. The number of rotatable bonds is 4. The van der Waals surface area contributed by atoms with Crippen molar-refractivity contribution >= 4 is 11.9 Å². The summed E-state index contributed by atoms with van der Waals surface area (Å²) in [6.07, 6.45) is 9.14. The molecule has 0 heterocycles. The van der Waals surface area contributed by atoms with Crippen LogP contribution in [-0.2, 0) is 19.1 Å². The minimum absolute atomic E-state index is 0.0901. The van der Waals surface area contributed by atoms with Crippen LogP contribution < -0.4 is 0 Å².